The zero-order valence-electron chi connectivity index (χ0n) is 16.1. The van der Waals surface area contributed by atoms with Gasteiger partial charge in [0.1, 0.15) is 5.75 Å². The van der Waals surface area contributed by atoms with Crippen LogP contribution in [-0.2, 0) is 4.79 Å². The molecule has 2 unspecified atom stereocenters. The standard InChI is InChI=1S/C22H29NO2/c1-7-20(25-21-12-14(2)8-9-16(21)4)22(24)23-18(6)19-11-10-15(3)17(5)13-19/h8-13,18,20H,7H2,1-6H3,(H,23,24). The van der Waals surface area contributed by atoms with Crippen LogP contribution in [0.5, 0.6) is 5.75 Å². The zero-order valence-corrected chi connectivity index (χ0v) is 16.1. The first kappa shape index (κ1) is 19.0. The van der Waals surface area contributed by atoms with E-state index in [1.165, 1.54) is 11.1 Å². The van der Waals surface area contributed by atoms with Gasteiger partial charge in [-0.3, -0.25) is 4.79 Å². The molecule has 25 heavy (non-hydrogen) atoms. The number of aryl methyl sites for hydroxylation is 4. The highest BCUT2D eigenvalue weighted by Crippen LogP contribution is 2.22. The summed E-state index contributed by atoms with van der Waals surface area (Å²) in [5.41, 5.74) is 5.76. The molecule has 3 heteroatoms. The third-order valence-corrected chi connectivity index (χ3v) is 4.67. The van der Waals surface area contributed by atoms with E-state index in [4.69, 9.17) is 4.74 Å². The third kappa shape index (κ3) is 4.85. The number of carbonyl (C=O) groups excluding carboxylic acids is 1. The van der Waals surface area contributed by atoms with Crippen LogP contribution in [0.15, 0.2) is 36.4 Å². The summed E-state index contributed by atoms with van der Waals surface area (Å²) in [6, 6.07) is 12.3. The maximum absolute atomic E-state index is 12.7. The van der Waals surface area contributed by atoms with Gasteiger partial charge in [0.25, 0.3) is 5.91 Å². The highest BCUT2D eigenvalue weighted by atomic mass is 16.5. The lowest BCUT2D eigenvalue weighted by atomic mass is 10.0. The smallest absolute Gasteiger partial charge is 0.261 e. The van der Waals surface area contributed by atoms with Crippen molar-refractivity contribution >= 4 is 5.91 Å². The molecule has 0 fully saturated rings. The van der Waals surface area contributed by atoms with E-state index in [2.05, 4.69) is 37.4 Å². The van der Waals surface area contributed by atoms with Crippen molar-refractivity contribution in [1.29, 1.82) is 0 Å². The summed E-state index contributed by atoms with van der Waals surface area (Å²) in [5.74, 6) is 0.704. The van der Waals surface area contributed by atoms with Crippen LogP contribution in [0.3, 0.4) is 0 Å². The normalized spacial score (nSPS) is 13.2. The van der Waals surface area contributed by atoms with Gasteiger partial charge in [-0.05, 0) is 74.9 Å². The molecule has 0 bridgehead atoms. The summed E-state index contributed by atoms with van der Waals surface area (Å²) >= 11 is 0. The number of nitrogens with one attached hydrogen (secondary N) is 1. The Labute approximate surface area is 151 Å². The molecule has 0 aliphatic heterocycles. The van der Waals surface area contributed by atoms with E-state index in [1.54, 1.807) is 0 Å². The van der Waals surface area contributed by atoms with Crippen molar-refractivity contribution in [3.63, 3.8) is 0 Å². The third-order valence-electron chi connectivity index (χ3n) is 4.67. The number of carbonyl (C=O) groups is 1. The first-order valence-corrected chi connectivity index (χ1v) is 8.93. The largest absolute Gasteiger partial charge is 0.480 e. The topological polar surface area (TPSA) is 38.3 Å². The lowest BCUT2D eigenvalue weighted by molar-refractivity contribution is -0.128. The quantitative estimate of drug-likeness (QED) is 0.808. The molecule has 0 heterocycles. The van der Waals surface area contributed by atoms with Crippen molar-refractivity contribution in [3.8, 4) is 5.75 Å². The van der Waals surface area contributed by atoms with Gasteiger partial charge in [0.2, 0.25) is 0 Å². The minimum Gasteiger partial charge on any atom is -0.480 e. The molecule has 2 atom stereocenters. The Bertz CT molecular complexity index is 752. The molecule has 2 aromatic carbocycles. The number of benzene rings is 2. The maximum atomic E-state index is 12.7. The van der Waals surface area contributed by atoms with Crippen LogP contribution in [-0.4, -0.2) is 12.0 Å². The molecule has 0 aromatic heterocycles. The molecule has 0 radical (unpaired) electrons. The van der Waals surface area contributed by atoms with Gasteiger partial charge < -0.3 is 10.1 Å². The molecule has 0 saturated heterocycles. The Morgan fingerprint density at radius 2 is 1.68 bits per heavy atom. The Balaban J connectivity index is 2.08. The minimum absolute atomic E-state index is 0.0527. The number of rotatable bonds is 6. The fourth-order valence-corrected chi connectivity index (χ4v) is 2.73. The van der Waals surface area contributed by atoms with Crippen LogP contribution >= 0.6 is 0 Å². The molecule has 0 spiro atoms. The van der Waals surface area contributed by atoms with E-state index in [0.717, 1.165) is 22.4 Å². The van der Waals surface area contributed by atoms with Crippen LogP contribution in [0.25, 0.3) is 0 Å². The fraction of sp³-hybridized carbons (Fsp3) is 0.409. The molecule has 2 aromatic rings. The molecule has 3 nitrogen and oxygen atoms in total. The van der Waals surface area contributed by atoms with Crippen molar-refractivity contribution in [2.75, 3.05) is 0 Å². The Morgan fingerprint density at radius 3 is 2.32 bits per heavy atom. The highest BCUT2D eigenvalue weighted by molar-refractivity contribution is 5.81. The van der Waals surface area contributed by atoms with E-state index in [1.807, 2.05) is 45.9 Å². The van der Waals surface area contributed by atoms with Crippen LogP contribution in [0.4, 0.5) is 0 Å². The highest BCUT2D eigenvalue weighted by Gasteiger charge is 2.21. The predicted molar refractivity (Wildman–Crippen MR) is 103 cm³/mol. The van der Waals surface area contributed by atoms with Gasteiger partial charge in [-0.1, -0.05) is 37.3 Å². The minimum atomic E-state index is -0.491. The van der Waals surface area contributed by atoms with Crippen molar-refractivity contribution < 1.29 is 9.53 Å². The zero-order chi connectivity index (χ0) is 18.6. The van der Waals surface area contributed by atoms with Crippen LogP contribution < -0.4 is 10.1 Å². The first-order chi connectivity index (χ1) is 11.8. The van der Waals surface area contributed by atoms with Crippen molar-refractivity contribution in [2.45, 2.75) is 60.1 Å². The van der Waals surface area contributed by atoms with Gasteiger partial charge in [-0.15, -0.1) is 0 Å². The van der Waals surface area contributed by atoms with Crippen LogP contribution in [0.1, 0.15) is 54.1 Å². The summed E-state index contributed by atoms with van der Waals surface area (Å²) in [6.07, 6.45) is 0.133. The lowest BCUT2D eigenvalue weighted by Crippen LogP contribution is -2.39. The summed E-state index contributed by atoms with van der Waals surface area (Å²) in [7, 11) is 0. The molecule has 0 saturated carbocycles. The molecular formula is C22H29NO2. The van der Waals surface area contributed by atoms with Gasteiger partial charge in [0.05, 0.1) is 6.04 Å². The Hall–Kier alpha value is -2.29. The maximum Gasteiger partial charge on any atom is 0.261 e. The first-order valence-electron chi connectivity index (χ1n) is 8.93. The van der Waals surface area contributed by atoms with Crippen LogP contribution in [0, 0.1) is 27.7 Å². The number of amides is 1. The summed E-state index contributed by atoms with van der Waals surface area (Å²) in [4.78, 5) is 12.7. The lowest BCUT2D eigenvalue weighted by Gasteiger charge is -2.22. The van der Waals surface area contributed by atoms with E-state index in [-0.39, 0.29) is 11.9 Å². The summed E-state index contributed by atoms with van der Waals surface area (Å²) < 4.78 is 6.00. The molecule has 0 aliphatic rings. The summed E-state index contributed by atoms with van der Waals surface area (Å²) in [6.45, 7) is 12.2. The molecule has 0 aliphatic carbocycles. The molecular weight excluding hydrogens is 310 g/mol. The van der Waals surface area contributed by atoms with Crippen molar-refractivity contribution in [3.05, 3.63) is 64.2 Å². The average Bonchev–Trinajstić information content (AvgIpc) is 2.57. The van der Waals surface area contributed by atoms with E-state index < -0.39 is 6.10 Å². The number of hydrogen-bond acceptors (Lipinski definition) is 2. The van der Waals surface area contributed by atoms with Gasteiger partial charge in [-0.2, -0.15) is 0 Å². The predicted octanol–water partition coefficient (Wildman–Crippen LogP) is 4.96. The van der Waals surface area contributed by atoms with E-state index in [9.17, 15) is 4.79 Å². The SMILES string of the molecule is CCC(Oc1cc(C)ccc1C)C(=O)NC(C)c1ccc(C)c(C)c1. The molecule has 2 rings (SSSR count). The van der Waals surface area contributed by atoms with E-state index in [0.29, 0.717) is 6.42 Å². The number of hydrogen-bond donors (Lipinski definition) is 1. The second-order valence-corrected chi connectivity index (χ2v) is 6.86. The van der Waals surface area contributed by atoms with Gasteiger partial charge >= 0.3 is 0 Å². The molecule has 134 valence electrons. The van der Waals surface area contributed by atoms with Crippen molar-refractivity contribution in [2.24, 2.45) is 0 Å². The summed E-state index contributed by atoms with van der Waals surface area (Å²) in [5, 5.41) is 3.08. The Kier molecular flexibility index (Phi) is 6.24. The fourth-order valence-electron chi connectivity index (χ4n) is 2.73. The molecule has 1 amide bonds. The van der Waals surface area contributed by atoms with E-state index >= 15 is 0 Å². The van der Waals surface area contributed by atoms with Gasteiger partial charge in [0.15, 0.2) is 6.10 Å². The number of ether oxygens (including phenoxy) is 1. The molecule has 1 N–H and O–H groups in total. The van der Waals surface area contributed by atoms with Gasteiger partial charge in [-0.25, -0.2) is 0 Å². The van der Waals surface area contributed by atoms with Crippen LogP contribution in [0.2, 0.25) is 0 Å². The van der Waals surface area contributed by atoms with Crippen molar-refractivity contribution in [1.82, 2.24) is 5.32 Å². The monoisotopic (exact) mass is 339 g/mol. The second-order valence-electron chi connectivity index (χ2n) is 6.86. The van der Waals surface area contributed by atoms with Gasteiger partial charge in [0, 0.05) is 0 Å². The second kappa shape index (κ2) is 8.19. The Morgan fingerprint density at radius 1 is 1.00 bits per heavy atom. The average molecular weight is 339 g/mol.